The van der Waals surface area contributed by atoms with Gasteiger partial charge in [0, 0.05) is 22.8 Å². The van der Waals surface area contributed by atoms with Crippen LogP contribution in [0.1, 0.15) is 51.4 Å². The molecule has 0 radical (unpaired) electrons. The van der Waals surface area contributed by atoms with Crippen molar-refractivity contribution in [2.24, 2.45) is 4.99 Å². The minimum absolute atomic E-state index is 0.257. The van der Waals surface area contributed by atoms with Gasteiger partial charge in [-0.05, 0) is 92.9 Å². The average molecular weight is 647 g/mol. The van der Waals surface area contributed by atoms with Crippen molar-refractivity contribution < 1.29 is 19.1 Å². The normalized spacial score (nSPS) is 14.4. The monoisotopic (exact) mass is 646 g/mol. The van der Waals surface area contributed by atoms with Gasteiger partial charge in [0.25, 0.3) is 11.5 Å². The number of methoxy groups -OCH3 is 2. The standard InChI is InChI=1S/C37H34N4O5S/c1-21-18-26(24(4)40(21)30-17-11-16-29(22(30)2)36(44)46-6)20-31-35(43)41-33(25-12-10-15-28(19-25)45-5)32(23(3)38-37(41)47-31)34(42)39-27-13-8-7-9-14-27/h7-20,33H,1-6H3,(H,39,42)/b31-20+/t33-/m0/s1. The first-order valence-corrected chi connectivity index (χ1v) is 15.8. The van der Waals surface area contributed by atoms with E-state index >= 15 is 0 Å². The zero-order chi connectivity index (χ0) is 33.4. The molecule has 0 saturated carbocycles. The van der Waals surface area contributed by atoms with Crippen LogP contribution in [0, 0.1) is 20.8 Å². The van der Waals surface area contributed by atoms with Crippen LogP contribution in [0.15, 0.2) is 99.9 Å². The summed E-state index contributed by atoms with van der Waals surface area (Å²) in [6, 6.07) is 23.4. The predicted molar refractivity (Wildman–Crippen MR) is 183 cm³/mol. The lowest BCUT2D eigenvalue weighted by Crippen LogP contribution is -2.40. The van der Waals surface area contributed by atoms with Gasteiger partial charge in [-0.25, -0.2) is 9.79 Å². The molecular weight excluding hydrogens is 612 g/mol. The number of esters is 1. The number of thiazole rings is 1. The number of aryl methyl sites for hydroxylation is 1. The van der Waals surface area contributed by atoms with Gasteiger partial charge in [-0.3, -0.25) is 14.2 Å². The van der Waals surface area contributed by atoms with Crippen molar-refractivity contribution in [3.8, 4) is 11.4 Å². The van der Waals surface area contributed by atoms with E-state index < -0.39 is 12.0 Å². The van der Waals surface area contributed by atoms with Crippen LogP contribution in [0.5, 0.6) is 5.75 Å². The molecule has 2 aromatic heterocycles. The van der Waals surface area contributed by atoms with Gasteiger partial charge in [-0.1, -0.05) is 47.7 Å². The number of amides is 1. The second kappa shape index (κ2) is 12.7. The Morgan fingerprint density at radius 3 is 2.40 bits per heavy atom. The maximum Gasteiger partial charge on any atom is 0.338 e. The molecule has 0 saturated heterocycles. The van der Waals surface area contributed by atoms with Gasteiger partial charge in [0.15, 0.2) is 4.80 Å². The van der Waals surface area contributed by atoms with E-state index in [1.165, 1.54) is 18.4 Å². The Hall–Kier alpha value is -5.48. The number of carbonyl (C=O) groups excluding carboxylic acids is 2. The van der Waals surface area contributed by atoms with Crippen LogP contribution in [0.3, 0.4) is 0 Å². The molecular formula is C37H34N4O5S. The van der Waals surface area contributed by atoms with E-state index in [0.717, 1.165) is 33.8 Å². The maximum atomic E-state index is 14.3. The molecule has 5 aromatic rings. The molecule has 3 aromatic carbocycles. The summed E-state index contributed by atoms with van der Waals surface area (Å²) in [6.07, 6.45) is 1.87. The molecule has 10 heteroatoms. The van der Waals surface area contributed by atoms with Gasteiger partial charge in [0.05, 0.1) is 41.6 Å². The van der Waals surface area contributed by atoms with Crippen LogP contribution >= 0.6 is 11.3 Å². The number of carbonyl (C=O) groups is 2. The highest BCUT2D eigenvalue weighted by molar-refractivity contribution is 7.07. The molecule has 0 aliphatic carbocycles. The Kier molecular flexibility index (Phi) is 8.53. The summed E-state index contributed by atoms with van der Waals surface area (Å²) >= 11 is 1.28. The molecule has 1 amide bonds. The van der Waals surface area contributed by atoms with E-state index in [0.29, 0.717) is 37.6 Å². The van der Waals surface area contributed by atoms with Gasteiger partial charge >= 0.3 is 5.97 Å². The van der Waals surface area contributed by atoms with E-state index in [1.54, 1.807) is 24.7 Å². The SMILES string of the molecule is COC(=O)c1cccc(-n2c(C)cc(/C=c3/sc4n(c3=O)[C@@H](c3cccc(OC)c3)C(C(=O)Nc3ccccc3)=C(C)N=4)c2C)c1C. The minimum Gasteiger partial charge on any atom is -0.497 e. The molecule has 47 heavy (non-hydrogen) atoms. The summed E-state index contributed by atoms with van der Waals surface area (Å²) in [4.78, 5) is 45.8. The Balaban J connectivity index is 1.49. The molecule has 238 valence electrons. The zero-order valence-electron chi connectivity index (χ0n) is 27.0. The molecule has 0 bridgehead atoms. The zero-order valence-corrected chi connectivity index (χ0v) is 27.8. The summed E-state index contributed by atoms with van der Waals surface area (Å²) in [5.74, 6) is -0.125. The quantitative estimate of drug-likeness (QED) is 0.239. The molecule has 0 fully saturated rings. The summed E-state index contributed by atoms with van der Waals surface area (Å²) < 4.78 is 14.6. The number of ether oxygens (including phenoxy) is 2. The van der Waals surface area contributed by atoms with Crippen molar-refractivity contribution in [1.29, 1.82) is 0 Å². The number of fused-ring (bicyclic) bond motifs is 1. The topological polar surface area (TPSA) is 104 Å². The van der Waals surface area contributed by atoms with Crippen molar-refractivity contribution >= 4 is 35.0 Å². The lowest BCUT2D eigenvalue weighted by molar-refractivity contribution is -0.113. The molecule has 3 heterocycles. The Bertz CT molecular complexity index is 2260. The molecule has 1 N–H and O–H groups in total. The molecule has 9 nitrogen and oxygen atoms in total. The second-order valence-electron chi connectivity index (χ2n) is 11.3. The highest BCUT2D eigenvalue weighted by atomic mass is 32.1. The number of rotatable bonds is 7. The number of hydrogen-bond acceptors (Lipinski definition) is 7. The smallest absolute Gasteiger partial charge is 0.338 e. The summed E-state index contributed by atoms with van der Waals surface area (Å²) in [5, 5.41) is 2.98. The van der Waals surface area contributed by atoms with E-state index in [-0.39, 0.29) is 11.5 Å². The summed E-state index contributed by atoms with van der Waals surface area (Å²) in [5.41, 5.74) is 6.85. The summed E-state index contributed by atoms with van der Waals surface area (Å²) in [6.45, 7) is 7.66. The van der Waals surface area contributed by atoms with Gasteiger partial charge in [-0.2, -0.15) is 0 Å². The van der Waals surface area contributed by atoms with Gasteiger partial charge < -0.3 is 19.4 Å². The molecule has 1 aliphatic rings. The number of benzene rings is 3. The van der Waals surface area contributed by atoms with Crippen LogP contribution in [-0.2, 0) is 9.53 Å². The number of allylic oxidation sites excluding steroid dienone is 1. The van der Waals surface area contributed by atoms with Crippen LogP contribution in [0.2, 0.25) is 0 Å². The molecule has 1 atom stereocenters. The van der Waals surface area contributed by atoms with Crippen LogP contribution in [0.4, 0.5) is 5.69 Å². The van der Waals surface area contributed by atoms with Gasteiger partial charge in [0.2, 0.25) is 0 Å². The largest absolute Gasteiger partial charge is 0.497 e. The van der Waals surface area contributed by atoms with Crippen molar-refractivity contribution in [3.05, 3.63) is 143 Å². The molecule has 0 unspecified atom stereocenters. The van der Waals surface area contributed by atoms with E-state index in [1.807, 2.05) is 99.6 Å². The van der Waals surface area contributed by atoms with Crippen molar-refractivity contribution in [1.82, 2.24) is 9.13 Å². The van der Waals surface area contributed by atoms with Crippen molar-refractivity contribution in [3.63, 3.8) is 0 Å². The molecule has 6 rings (SSSR count). The minimum atomic E-state index is -0.733. The first-order valence-electron chi connectivity index (χ1n) is 15.0. The number of nitrogens with zero attached hydrogens (tertiary/aromatic N) is 3. The fourth-order valence-electron chi connectivity index (χ4n) is 6.10. The fourth-order valence-corrected chi connectivity index (χ4v) is 7.14. The van der Waals surface area contributed by atoms with Crippen molar-refractivity contribution in [2.75, 3.05) is 19.5 Å². The van der Waals surface area contributed by atoms with E-state index in [4.69, 9.17) is 14.5 Å². The lowest BCUT2D eigenvalue weighted by atomic mass is 9.95. The molecule has 0 spiro atoms. The van der Waals surface area contributed by atoms with Crippen LogP contribution in [0.25, 0.3) is 11.8 Å². The van der Waals surface area contributed by atoms with Gasteiger partial charge in [0.1, 0.15) is 5.75 Å². The van der Waals surface area contributed by atoms with E-state index in [2.05, 4.69) is 9.88 Å². The van der Waals surface area contributed by atoms with Crippen LogP contribution < -0.4 is 24.9 Å². The first kappa shape index (κ1) is 31.5. The Labute approximate surface area is 275 Å². The summed E-state index contributed by atoms with van der Waals surface area (Å²) in [7, 11) is 2.95. The fraction of sp³-hybridized carbons (Fsp3) is 0.189. The van der Waals surface area contributed by atoms with Gasteiger partial charge in [-0.15, -0.1) is 0 Å². The third-order valence-electron chi connectivity index (χ3n) is 8.42. The van der Waals surface area contributed by atoms with Crippen LogP contribution in [-0.4, -0.2) is 35.2 Å². The van der Waals surface area contributed by atoms with Crippen molar-refractivity contribution in [2.45, 2.75) is 33.7 Å². The average Bonchev–Trinajstić information content (AvgIpc) is 3.53. The third-order valence-corrected chi connectivity index (χ3v) is 9.40. The number of aromatic nitrogens is 2. The maximum absolute atomic E-state index is 14.3. The number of hydrogen-bond donors (Lipinski definition) is 1. The van der Waals surface area contributed by atoms with E-state index in [9.17, 15) is 14.4 Å². The second-order valence-corrected chi connectivity index (χ2v) is 12.3. The number of para-hydroxylation sites is 1. The number of anilines is 1. The predicted octanol–water partition coefficient (Wildman–Crippen LogP) is 5.39. The third kappa shape index (κ3) is 5.72. The highest BCUT2D eigenvalue weighted by Gasteiger charge is 2.33. The number of nitrogens with one attached hydrogen (secondary N) is 1. The first-order chi connectivity index (χ1) is 22.6. The Morgan fingerprint density at radius 2 is 1.68 bits per heavy atom. The molecule has 1 aliphatic heterocycles. The Morgan fingerprint density at radius 1 is 0.936 bits per heavy atom. The lowest BCUT2D eigenvalue weighted by Gasteiger charge is -2.25. The highest BCUT2D eigenvalue weighted by Crippen LogP contribution is 2.32.